The van der Waals surface area contributed by atoms with Crippen LogP contribution in [0.4, 0.5) is 16.2 Å². The summed E-state index contributed by atoms with van der Waals surface area (Å²) in [5.41, 5.74) is 4.30. The molecule has 7 nitrogen and oxygen atoms in total. The third-order valence-corrected chi connectivity index (χ3v) is 5.70. The van der Waals surface area contributed by atoms with Crippen LogP contribution in [0.5, 0.6) is 0 Å². The number of carbonyl (C=O) groups is 2. The Morgan fingerprint density at radius 1 is 0.897 bits per heavy atom. The Labute approximate surface area is 169 Å². The van der Waals surface area contributed by atoms with Crippen molar-refractivity contribution in [3.05, 3.63) is 59.7 Å². The number of amides is 2. The Morgan fingerprint density at radius 3 is 2.21 bits per heavy atom. The lowest BCUT2D eigenvalue weighted by atomic mass is 10.1. The molecule has 2 saturated heterocycles. The summed E-state index contributed by atoms with van der Waals surface area (Å²) < 4.78 is 10.8. The Bertz CT molecular complexity index is 905. The highest BCUT2D eigenvalue weighted by molar-refractivity contribution is 5.95. The molecule has 0 bridgehead atoms. The first kappa shape index (κ1) is 18.1. The van der Waals surface area contributed by atoms with E-state index >= 15 is 0 Å². The number of ether oxygens (including phenoxy) is 2. The second-order valence-corrected chi connectivity index (χ2v) is 7.67. The van der Waals surface area contributed by atoms with Gasteiger partial charge < -0.3 is 14.4 Å². The van der Waals surface area contributed by atoms with Crippen molar-refractivity contribution in [1.29, 1.82) is 0 Å². The standard InChI is InChI=1S/C22H23N3O4/c26-21-15-28-10-9-24(21)18-5-7-19(8-6-18)25-14-20(29-22(25)27)13-23-11-16-3-1-2-4-17(16)12-23/h1-8,20H,9-15H2/t20-/m0/s1. The molecule has 2 fully saturated rings. The predicted octanol–water partition coefficient (Wildman–Crippen LogP) is 2.39. The second kappa shape index (κ2) is 7.50. The maximum absolute atomic E-state index is 12.4. The number of cyclic esters (lactones) is 1. The summed E-state index contributed by atoms with van der Waals surface area (Å²) in [5, 5.41) is 0. The third-order valence-electron chi connectivity index (χ3n) is 5.70. The molecule has 0 radical (unpaired) electrons. The fourth-order valence-electron chi connectivity index (χ4n) is 4.25. The summed E-state index contributed by atoms with van der Waals surface area (Å²) in [6.07, 6.45) is -0.473. The highest BCUT2D eigenvalue weighted by atomic mass is 16.6. The van der Waals surface area contributed by atoms with E-state index in [1.165, 1.54) is 11.1 Å². The van der Waals surface area contributed by atoms with Crippen molar-refractivity contribution in [2.75, 3.05) is 42.6 Å². The van der Waals surface area contributed by atoms with Crippen molar-refractivity contribution < 1.29 is 19.1 Å². The lowest BCUT2D eigenvalue weighted by Gasteiger charge is -2.27. The summed E-state index contributed by atoms with van der Waals surface area (Å²) >= 11 is 0. The summed E-state index contributed by atoms with van der Waals surface area (Å²) in [4.78, 5) is 30.1. The number of hydrogen-bond acceptors (Lipinski definition) is 5. The van der Waals surface area contributed by atoms with Crippen LogP contribution in [-0.4, -0.2) is 55.9 Å². The smallest absolute Gasteiger partial charge is 0.414 e. The molecule has 7 heteroatoms. The quantitative estimate of drug-likeness (QED) is 0.798. The van der Waals surface area contributed by atoms with Crippen molar-refractivity contribution in [1.82, 2.24) is 4.90 Å². The molecule has 0 aromatic heterocycles. The first-order valence-corrected chi connectivity index (χ1v) is 9.93. The molecule has 1 atom stereocenters. The van der Waals surface area contributed by atoms with Gasteiger partial charge in [0.15, 0.2) is 0 Å². The van der Waals surface area contributed by atoms with Gasteiger partial charge in [-0.25, -0.2) is 4.79 Å². The number of carbonyl (C=O) groups excluding carboxylic acids is 2. The van der Waals surface area contributed by atoms with E-state index < -0.39 is 0 Å². The Hall–Kier alpha value is -2.90. The zero-order valence-corrected chi connectivity index (χ0v) is 16.1. The van der Waals surface area contributed by atoms with Gasteiger partial charge in [0, 0.05) is 37.6 Å². The van der Waals surface area contributed by atoms with Gasteiger partial charge in [-0.1, -0.05) is 24.3 Å². The van der Waals surface area contributed by atoms with Crippen LogP contribution in [0.2, 0.25) is 0 Å². The Morgan fingerprint density at radius 2 is 1.55 bits per heavy atom. The van der Waals surface area contributed by atoms with E-state index in [1.54, 1.807) is 9.80 Å². The van der Waals surface area contributed by atoms with Gasteiger partial charge in [-0.15, -0.1) is 0 Å². The van der Waals surface area contributed by atoms with Crippen LogP contribution in [0.15, 0.2) is 48.5 Å². The van der Waals surface area contributed by atoms with E-state index in [4.69, 9.17) is 9.47 Å². The Balaban J connectivity index is 1.22. The molecule has 0 saturated carbocycles. The number of morpholine rings is 1. The topological polar surface area (TPSA) is 62.3 Å². The van der Waals surface area contributed by atoms with Gasteiger partial charge in [-0.05, 0) is 35.4 Å². The molecule has 0 N–H and O–H groups in total. The number of hydrogen-bond donors (Lipinski definition) is 0. The highest BCUT2D eigenvalue weighted by Gasteiger charge is 2.34. The lowest BCUT2D eigenvalue weighted by molar-refractivity contribution is -0.125. The molecule has 0 spiro atoms. The van der Waals surface area contributed by atoms with Gasteiger partial charge in [0.25, 0.3) is 5.91 Å². The summed E-state index contributed by atoms with van der Waals surface area (Å²) in [5.74, 6) is -0.0451. The maximum Gasteiger partial charge on any atom is 0.414 e. The van der Waals surface area contributed by atoms with Crippen molar-refractivity contribution in [3.63, 3.8) is 0 Å². The van der Waals surface area contributed by atoms with Crippen molar-refractivity contribution in [3.8, 4) is 0 Å². The van der Waals surface area contributed by atoms with Gasteiger partial charge in [0.2, 0.25) is 0 Å². The first-order valence-electron chi connectivity index (χ1n) is 9.93. The largest absolute Gasteiger partial charge is 0.443 e. The molecule has 3 heterocycles. The van der Waals surface area contributed by atoms with Crippen LogP contribution in [0.3, 0.4) is 0 Å². The molecule has 2 aromatic rings. The van der Waals surface area contributed by atoms with E-state index in [0.29, 0.717) is 19.7 Å². The lowest BCUT2D eigenvalue weighted by Crippen LogP contribution is -2.41. The number of fused-ring (bicyclic) bond motifs is 1. The van der Waals surface area contributed by atoms with Crippen LogP contribution < -0.4 is 9.80 Å². The van der Waals surface area contributed by atoms with Crippen LogP contribution >= 0.6 is 0 Å². The van der Waals surface area contributed by atoms with Crippen LogP contribution in [0.25, 0.3) is 0 Å². The monoisotopic (exact) mass is 393 g/mol. The molecule has 150 valence electrons. The van der Waals surface area contributed by atoms with E-state index in [9.17, 15) is 9.59 Å². The van der Waals surface area contributed by atoms with Crippen molar-refractivity contribution in [2.24, 2.45) is 0 Å². The first-order chi connectivity index (χ1) is 14.2. The number of anilines is 2. The van der Waals surface area contributed by atoms with Gasteiger partial charge in [-0.3, -0.25) is 14.6 Å². The highest BCUT2D eigenvalue weighted by Crippen LogP contribution is 2.28. The van der Waals surface area contributed by atoms with Crippen LogP contribution in [-0.2, 0) is 27.4 Å². The number of nitrogens with zero attached hydrogens (tertiary/aromatic N) is 3. The van der Waals surface area contributed by atoms with E-state index in [2.05, 4.69) is 29.2 Å². The molecular formula is C22H23N3O4. The SMILES string of the molecule is O=C1COCCN1c1ccc(N2C[C@H](CN3Cc4ccccc4C3)OC2=O)cc1. The van der Waals surface area contributed by atoms with Crippen LogP contribution in [0, 0.1) is 0 Å². The fourth-order valence-corrected chi connectivity index (χ4v) is 4.25. The van der Waals surface area contributed by atoms with Gasteiger partial charge in [-0.2, -0.15) is 0 Å². The zero-order valence-electron chi connectivity index (χ0n) is 16.1. The third kappa shape index (κ3) is 3.59. The summed E-state index contributed by atoms with van der Waals surface area (Å²) in [6.45, 7) is 4.23. The van der Waals surface area contributed by atoms with E-state index in [0.717, 1.165) is 31.0 Å². The number of rotatable bonds is 4. The molecule has 2 aromatic carbocycles. The minimum Gasteiger partial charge on any atom is -0.443 e. The molecule has 5 rings (SSSR count). The van der Waals surface area contributed by atoms with Gasteiger partial charge >= 0.3 is 6.09 Å². The van der Waals surface area contributed by atoms with Crippen molar-refractivity contribution in [2.45, 2.75) is 19.2 Å². The van der Waals surface area contributed by atoms with Gasteiger partial charge in [0.05, 0.1) is 13.2 Å². The fraction of sp³-hybridized carbons (Fsp3) is 0.364. The average Bonchev–Trinajstić information content (AvgIpc) is 3.31. The summed E-state index contributed by atoms with van der Waals surface area (Å²) in [7, 11) is 0. The number of benzene rings is 2. The second-order valence-electron chi connectivity index (χ2n) is 7.67. The molecule has 3 aliphatic rings. The van der Waals surface area contributed by atoms with E-state index in [1.807, 2.05) is 24.3 Å². The molecule has 29 heavy (non-hydrogen) atoms. The predicted molar refractivity (Wildman–Crippen MR) is 108 cm³/mol. The maximum atomic E-state index is 12.4. The normalized spacial score (nSPS) is 22.1. The molecular weight excluding hydrogens is 370 g/mol. The minimum absolute atomic E-state index is 0.0451. The summed E-state index contributed by atoms with van der Waals surface area (Å²) in [6, 6.07) is 15.9. The average molecular weight is 393 g/mol. The zero-order chi connectivity index (χ0) is 19.8. The minimum atomic E-state index is -0.318. The van der Waals surface area contributed by atoms with Crippen LogP contribution in [0.1, 0.15) is 11.1 Å². The molecule has 2 amide bonds. The Kier molecular flexibility index (Phi) is 4.69. The van der Waals surface area contributed by atoms with Crippen molar-refractivity contribution >= 4 is 23.4 Å². The van der Waals surface area contributed by atoms with E-state index in [-0.39, 0.29) is 24.7 Å². The molecule has 3 aliphatic heterocycles. The molecule has 0 unspecified atom stereocenters. The van der Waals surface area contributed by atoms with Gasteiger partial charge in [0.1, 0.15) is 12.7 Å². The molecule has 0 aliphatic carbocycles.